The molecule has 0 radical (unpaired) electrons. The standard InChI is InChI=1S/C18H26N2O3/c21-17-8-4-3-7-16(17)20-18(22)19-13-9-11-15(12-10-13)23-14-5-1-2-6-14/h9-12,14,16-17,21H,1-8H2,(H2,19,20,22). The van der Waals surface area contributed by atoms with Crippen LogP contribution in [0.1, 0.15) is 51.4 Å². The van der Waals surface area contributed by atoms with Crippen molar-refractivity contribution in [2.24, 2.45) is 0 Å². The van der Waals surface area contributed by atoms with E-state index in [0.717, 1.165) is 50.0 Å². The van der Waals surface area contributed by atoms with Gasteiger partial charge in [0.1, 0.15) is 5.75 Å². The van der Waals surface area contributed by atoms with Gasteiger partial charge in [0.05, 0.1) is 18.2 Å². The van der Waals surface area contributed by atoms with E-state index in [2.05, 4.69) is 10.6 Å². The lowest BCUT2D eigenvalue weighted by molar-refractivity contribution is 0.0955. The van der Waals surface area contributed by atoms with E-state index in [4.69, 9.17) is 4.74 Å². The van der Waals surface area contributed by atoms with Gasteiger partial charge in [0.25, 0.3) is 0 Å². The third-order valence-electron chi connectivity index (χ3n) is 4.76. The molecule has 5 nitrogen and oxygen atoms in total. The van der Waals surface area contributed by atoms with Crippen LogP contribution in [0.4, 0.5) is 10.5 Å². The second-order valence-corrected chi connectivity index (χ2v) is 6.61. The Morgan fingerprint density at radius 3 is 2.35 bits per heavy atom. The molecule has 2 atom stereocenters. The molecule has 5 heteroatoms. The van der Waals surface area contributed by atoms with Gasteiger partial charge in [0.2, 0.25) is 0 Å². The van der Waals surface area contributed by atoms with E-state index in [-0.39, 0.29) is 12.1 Å². The molecule has 0 aliphatic heterocycles. The highest BCUT2D eigenvalue weighted by atomic mass is 16.5. The van der Waals surface area contributed by atoms with Crippen molar-refractivity contribution in [1.82, 2.24) is 5.32 Å². The fraction of sp³-hybridized carbons (Fsp3) is 0.611. The number of rotatable bonds is 4. The molecule has 0 spiro atoms. The highest BCUT2D eigenvalue weighted by Gasteiger charge is 2.24. The summed E-state index contributed by atoms with van der Waals surface area (Å²) in [4.78, 5) is 12.0. The number of amides is 2. The van der Waals surface area contributed by atoms with Crippen molar-refractivity contribution < 1.29 is 14.6 Å². The van der Waals surface area contributed by atoms with Gasteiger partial charge in [-0.25, -0.2) is 4.79 Å². The van der Waals surface area contributed by atoms with Gasteiger partial charge in [-0.05, 0) is 62.8 Å². The summed E-state index contributed by atoms with van der Waals surface area (Å²) in [6.45, 7) is 0. The molecule has 2 amide bonds. The van der Waals surface area contributed by atoms with Crippen molar-refractivity contribution in [2.75, 3.05) is 5.32 Å². The van der Waals surface area contributed by atoms with Crippen molar-refractivity contribution in [3.05, 3.63) is 24.3 Å². The Morgan fingerprint density at radius 2 is 1.65 bits per heavy atom. The number of hydrogen-bond donors (Lipinski definition) is 3. The lowest BCUT2D eigenvalue weighted by Gasteiger charge is -2.28. The van der Waals surface area contributed by atoms with Crippen LogP contribution in [0.2, 0.25) is 0 Å². The Hall–Kier alpha value is -1.75. The summed E-state index contributed by atoms with van der Waals surface area (Å²) in [5.74, 6) is 0.852. The summed E-state index contributed by atoms with van der Waals surface area (Å²) in [7, 11) is 0. The second kappa shape index (κ2) is 7.68. The Balaban J connectivity index is 1.48. The van der Waals surface area contributed by atoms with Gasteiger partial charge in [-0.1, -0.05) is 12.8 Å². The number of ether oxygens (including phenoxy) is 1. The molecule has 23 heavy (non-hydrogen) atoms. The van der Waals surface area contributed by atoms with Gasteiger partial charge in [-0.2, -0.15) is 0 Å². The fourth-order valence-electron chi connectivity index (χ4n) is 3.43. The topological polar surface area (TPSA) is 70.6 Å². The molecule has 2 unspecified atom stereocenters. The average molecular weight is 318 g/mol. The zero-order valence-corrected chi connectivity index (χ0v) is 13.5. The molecule has 3 N–H and O–H groups in total. The normalized spacial score (nSPS) is 25.1. The van der Waals surface area contributed by atoms with Crippen molar-refractivity contribution >= 4 is 11.7 Å². The maximum absolute atomic E-state index is 12.0. The van der Waals surface area contributed by atoms with Gasteiger partial charge in [-0.15, -0.1) is 0 Å². The molecule has 126 valence electrons. The third-order valence-corrected chi connectivity index (χ3v) is 4.76. The summed E-state index contributed by atoms with van der Waals surface area (Å²) in [6, 6.07) is 7.07. The number of benzene rings is 1. The molecule has 2 fully saturated rings. The third kappa shape index (κ3) is 4.61. The molecule has 0 heterocycles. The van der Waals surface area contributed by atoms with Crippen LogP contribution < -0.4 is 15.4 Å². The predicted octanol–water partition coefficient (Wildman–Crippen LogP) is 3.43. The first-order valence-electron chi connectivity index (χ1n) is 8.73. The van der Waals surface area contributed by atoms with E-state index in [1.165, 1.54) is 12.8 Å². The number of carbonyl (C=O) groups is 1. The van der Waals surface area contributed by atoms with Crippen LogP contribution in [-0.2, 0) is 0 Å². The number of anilines is 1. The van der Waals surface area contributed by atoms with Gasteiger partial charge in [-0.3, -0.25) is 0 Å². The molecule has 2 aliphatic rings. The Bertz CT molecular complexity index is 512. The zero-order valence-electron chi connectivity index (χ0n) is 13.5. The first-order valence-corrected chi connectivity index (χ1v) is 8.73. The predicted molar refractivity (Wildman–Crippen MR) is 89.7 cm³/mol. The van der Waals surface area contributed by atoms with Gasteiger partial charge >= 0.3 is 6.03 Å². The smallest absolute Gasteiger partial charge is 0.319 e. The first kappa shape index (κ1) is 16.1. The van der Waals surface area contributed by atoms with Crippen LogP contribution in [0.5, 0.6) is 5.75 Å². The van der Waals surface area contributed by atoms with Gasteiger partial charge < -0.3 is 20.5 Å². The van der Waals surface area contributed by atoms with E-state index in [9.17, 15) is 9.90 Å². The molecule has 2 saturated carbocycles. The summed E-state index contributed by atoms with van der Waals surface area (Å²) in [5, 5.41) is 15.6. The summed E-state index contributed by atoms with van der Waals surface area (Å²) < 4.78 is 5.91. The van der Waals surface area contributed by atoms with E-state index in [0.29, 0.717) is 6.10 Å². The minimum Gasteiger partial charge on any atom is -0.490 e. The Labute approximate surface area is 137 Å². The van der Waals surface area contributed by atoms with Crippen molar-refractivity contribution in [3.63, 3.8) is 0 Å². The Morgan fingerprint density at radius 1 is 1.00 bits per heavy atom. The molecule has 0 bridgehead atoms. The number of aliphatic hydroxyl groups excluding tert-OH is 1. The number of urea groups is 1. The van der Waals surface area contributed by atoms with Crippen LogP contribution in [0, 0.1) is 0 Å². The van der Waals surface area contributed by atoms with Crippen LogP contribution in [0.15, 0.2) is 24.3 Å². The van der Waals surface area contributed by atoms with Crippen LogP contribution in [0.3, 0.4) is 0 Å². The quantitative estimate of drug-likeness (QED) is 0.796. The van der Waals surface area contributed by atoms with E-state index in [1.807, 2.05) is 24.3 Å². The van der Waals surface area contributed by atoms with Crippen molar-refractivity contribution in [1.29, 1.82) is 0 Å². The summed E-state index contributed by atoms with van der Waals surface area (Å²) in [5.41, 5.74) is 0.728. The maximum atomic E-state index is 12.0. The average Bonchev–Trinajstić information content (AvgIpc) is 3.04. The summed E-state index contributed by atoms with van der Waals surface area (Å²) in [6.07, 6.45) is 8.34. The van der Waals surface area contributed by atoms with Gasteiger partial charge in [0.15, 0.2) is 0 Å². The second-order valence-electron chi connectivity index (χ2n) is 6.61. The van der Waals surface area contributed by atoms with Crippen LogP contribution in [-0.4, -0.2) is 29.4 Å². The molecule has 0 saturated heterocycles. The van der Waals surface area contributed by atoms with Crippen LogP contribution in [0.25, 0.3) is 0 Å². The highest BCUT2D eigenvalue weighted by Crippen LogP contribution is 2.25. The van der Waals surface area contributed by atoms with E-state index >= 15 is 0 Å². The Kier molecular flexibility index (Phi) is 5.39. The molecule has 0 aromatic heterocycles. The highest BCUT2D eigenvalue weighted by molar-refractivity contribution is 5.89. The monoisotopic (exact) mass is 318 g/mol. The summed E-state index contributed by atoms with van der Waals surface area (Å²) >= 11 is 0. The zero-order chi connectivity index (χ0) is 16.1. The molecule has 1 aromatic carbocycles. The SMILES string of the molecule is O=C(Nc1ccc(OC2CCCC2)cc1)NC1CCCCC1O. The minimum atomic E-state index is -0.434. The fourth-order valence-corrected chi connectivity index (χ4v) is 3.43. The lowest BCUT2D eigenvalue weighted by Crippen LogP contribution is -2.46. The lowest BCUT2D eigenvalue weighted by atomic mass is 9.93. The van der Waals surface area contributed by atoms with Crippen LogP contribution >= 0.6 is 0 Å². The molecular formula is C18H26N2O3. The van der Waals surface area contributed by atoms with E-state index in [1.54, 1.807) is 0 Å². The first-order chi connectivity index (χ1) is 11.2. The van der Waals surface area contributed by atoms with Crippen molar-refractivity contribution in [2.45, 2.75) is 69.6 Å². The molecule has 2 aliphatic carbocycles. The molecule has 1 aromatic rings. The number of aliphatic hydroxyl groups is 1. The van der Waals surface area contributed by atoms with Gasteiger partial charge in [0, 0.05) is 5.69 Å². The number of nitrogens with one attached hydrogen (secondary N) is 2. The minimum absolute atomic E-state index is 0.145. The van der Waals surface area contributed by atoms with E-state index < -0.39 is 6.10 Å². The number of hydrogen-bond acceptors (Lipinski definition) is 3. The van der Waals surface area contributed by atoms with Crippen molar-refractivity contribution in [3.8, 4) is 5.75 Å². The molecule has 3 rings (SSSR count). The largest absolute Gasteiger partial charge is 0.490 e. The molecular weight excluding hydrogens is 292 g/mol. The maximum Gasteiger partial charge on any atom is 0.319 e. The number of carbonyl (C=O) groups excluding carboxylic acids is 1.